The Labute approximate surface area is 83.5 Å². The van der Waals surface area contributed by atoms with Crippen LogP contribution < -0.4 is 4.74 Å². The van der Waals surface area contributed by atoms with Gasteiger partial charge in [0.05, 0.1) is 4.47 Å². The highest BCUT2D eigenvalue weighted by molar-refractivity contribution is 9.10. The van der Waals surface area contributed by atoms with Gasteiger partial charge in [0.2, 0.25) is 0 Å². The standard InChI is InChI=1S/C8H8BrFN2O/c9-6-3-11-7(12-4-6)13-5-8(10)1-2-8/h3-4H,1-2,5H2. The number of halogens is 2. The number of hydrogen-bond acceptors (Lipinski definition) is 3. The van der Waals surface area contributed by atoms with E-state index < -0.39 is 5.67 Å². The quantitative estimate of drug-likeness (QED) is 0.820. The van der Waals surface area contributed by atoms with E-state index in [0.717, 1.165) is 4.47 Å². The smallest absolute Gasteiger partial charge is 0.316 e. The van der Waals surface area contributed by atoms with Crippen molar-refractivity contribution < 1.29 is 9.13 Å². The van der Waals surface area contributed by atoms with Crippen LogP contribution >= 0.6 is 15.9 Å². The van der Waals surface area contributed by atoms with Crippen LogP contribution in [0.5, 0.6) is 6.01 Å². The van der Waals surface area contributed by atoms with Crippen molar-refractivity contribution in [2.75, 3.05) is 6.61 Å². The first-order valence-corrected chi connectivity index (χ1v) is 4.77. The highest BCUT2D eigenvalue weighted by Crippen LogP contribution is 2.39. The second-order valence-electron chi connectivity index (χ2n) is 3.12. The van der Waals surface area contributed by atoms with E-state index in [2.05, 4.69) is 25.9 Å². The van der Waals surface area contributed by atoms with Gasteiger partial charge in [-0.1, -0.05) is 0 Å². The van der Waals surface area contributed by atoms with Crippen LogP contribution in [0.1, 0.15) is 12.8 Å². The minimum atomic E-state index is -1.11. The van der Waals surface area contributed by atoms with Gasteiger partial charge >= 0.3 is 6.01 Å². The molecule has 0 bridgehead atoms. The van der Waals surface area contributed by atoms with Gasteiger partial charge < -0.3 is 4.74 Å². The minimum Gasteiger partial charge on any atom is -0.460 e. The lowest BCUT2D eigenvalue weighted by atomic mass is 10.4. The Morgan fingerprint density at radius 1 is 1.46 bits per heavy atom. The van der Waals surface area contributed by atoms with Crippen LogP contribution in [0.15, 0.2) is 16.9 Å². The van der Waals surface area contributed by atoms with Gasteiger partial charge in [-0.3, -0.25) is 0 Å². The first-order valence-electron chi connectivity index (χ1n) is 3.97. The second-order valence-corrected chi connectivity index (χ2v) is 4.04. The molecular formula is C8H8BrFN2O. The maximum absolute atomic E-state index is 13.1. The first-order chi connectivity index (χ1) is 6.18. The van der Waals surface area contributed by atoms with Gasteiger partial charge in [0.25, 0.3) is 0 Å². The molecule has 1 heterocycles. The molecule has 70 valence electrons. The second kappa shape index (κ2) is 3.21. The average molecular weight is 247 g/mol. The van der Waals surface area contributed by atoms with Crippen LogP contribution in [0, 0.1) is 0 Å². The van der Waals surface area contributed by atoms with Crippen molar-refractivity contribution in [3.8, 4) is 6.01 Å². The van der Waals surface area contributed by atoms with Crippen molar-refractivity contribution in [3.63, 3.8) is 0 Å². The summed E-state index contributed by atoms with van der Waals surface area (Å²) in [4.78, 5) is 7.72. The van der Waals surface area contributed by atoms with Gasteiger partial charge in [-0.15, -0.1) is 0 Å². The molecule has 1 fully saturated rings. The monoisotopic (exact) mass is 246 g/mol. The molecule has 0 aromatic carbocycles. The summed E-state index contributed by atoms with van der Waals surface area (Å²) in [6, 6.07) is 0.229. The van der Waals surface area contributed by atoms with Gasteiger partial charge in [-0.25, -0.2) is 14.4 Å². The molecule has 0 aliphatic heterocycles. The third-order valence-corrected chi connectivity index (χ3v) is 2.26. The molecule has 0 N–H and O–H groups in total. The Bertz CT molecular complexity index is 300. The van der Waals surface area contributed by atoms with Crippen molar-refractivity contribution in [1.29, 1.82) is 0 Å². The van der Waals surface area contributed by atoms with E-state index in [0.29, 0.717) is 12.8 Å². The zero-order valence-corrected chi connectivity index (χ0v) is 8.42. The summed E-state index contributed by atoms with van der Waals surface area (Å²) in [5.74, 6) is 0. The molecule has 2 rings (SSSR count). The van der Waals surface area contributed by atoms with Gasteiger partial charge in [-0.2, -0.15) is 0 Å². The molecule has 1 aliphatic rings. The maximum Gasteiger partial charge on any atom is 0.316 e. The van der Waals surface area contributed by atoms with Crippen molar-refractivity contribution in [1.82, 2.24) is 9.97 Å². The van der Waals surface area contributed by atoms with Gasteiger partial charge in [0, 0.05) is 12.4 Å². The molecule has 0 spiro atoms. The Morgan fingerprint density at radius 2 is 2.08 bits per heavy atom. The van der Waals surface area contributed by atoms with Crippen molar-refractivity contribution in [3.05, 3.63) is 16.9 Å². The Balaban J connectivity index is 1.91. The van der Waals surface area contributed by atoms with E-state index in [1.807, 2.05) is 0 Å². The number of nitrogens with zero attached hydrogens (tertiary/aromatic N) is 2. The third kappa shape index (κ3) is 2.37. The molecule has 0 radical (unpaired) electrons. The van der Waals surface area contributed by atoms with Gasteiger partial charge in [0.1, 0.15) is 12.3 Å². The average Bonchev–Trinajstić information content (AvgIpc) is 2.84. The Morgan fingerprint density at radius 3 is 2.62 bits per heavy atom. The molecule has 1 aromatic heterocycles. The van der Waals surface area contributed by atoms with E-state index in [4.69, 9.17) is 4.74 Å². The maximum atomic E-state index is 13.1. The number of rotatable bonds is 3. The molecular weight excluding hydrogens is 239 g/mol. The fourth-order valence-corrected chi connectivity index (χ4v) is 1.05. The molecule has 1 aliphatic carbocycles. The van der Waals surface area contributed by atoms with Crippen LogP contribution in [-0.4, -0.2) is 22.2 Å². The predicted octanol–water partition coefficient (Wildman–Crippen LogP) is 2.12. The lowest BCUT2D eigenvalue weighted by Crippen LogP contribution is -2.14. The molecule has 0 unspecified atom stereocenters. The normalized spacial score (nSPS) is 18.3. The molecule has 13 heavy (non-hydrogen) atoms. The largest absolute Gasteiger partial charge is 0.460 e. The van der Waals surface area contributed by atoms with E-state index in [9.17, 15) is 4.39 Å². The Kier molecular flexibility index (Phi) is 2.19. The van der Waals surface area contributed by atoms with Crippen molar-refractivity contribution >= 4 is 15.9 Å². The summed E-state index contributed by atoms with van der Waals surface area (Å²) in [7, 11) is 0. The highest BCUT2D eigenvalue weighted by atomic mass is 79.9. The topological polar surface area (TPSA) is 35.0 Å². The first kappa shape index (κ1) is 8.87. The van der Waals surface area contributed by atoms with Crippen LogP contribution in [0.4, 0.5) is 4.39 Å². The molecule has 0 saturated heterocycles. The molecule has 1 saturated carbocycles. The summed E-state index contributed by atoms with van der Waals surface area (Å²) in [6.07, 6.45) is 4.31. The molecule has 5 heteroatoms. The molecule has 0 atom stereocenters. The van der Waals surface area contributed by atoms with E-state index in [-0.39, 0.29) is 12.6 Å². The van der Waals surface area contributed by atoms with Crippen LogP contribution in [-0.2, 0) is 0 Å². The number of aromatic nitrogens is 2. The number of ether oxygens (including phenoxy) is 1. The fourth-order valence-electron chi connectivity index (χ4n) is 0.849. The summed E-state index contributed by atoms with van der Waals surface area (Å²) < 4.78 is 18.9. The van der Waals surface area contributed by atoms with Crippen LogP contribution in [0.3, 0.4) is 0 Å². The van der Waals surface area contributed by atoms with Crippen molar-refractivity contribution in [2.45, 2.75) is 18.5 Å². The fraction of sp³-hybridized carbons (Fsp3) is 0.500. The van der Waals surface area contributed by atoms with E-state index >= 15 is 0 Å². The zero-order chi connectivity index (χ0) is 9.31. The predicted molar refractivity (Wildman–Crippen MR) is 48.3 cm³/mol. The zero-order valence-electron chi connectivity index (χ0n) is 6.83. The Hall–Kier alpha value is -0.710. The lowest BCUT2D eigenvalue weighted by molar-refractivity contribution is 0.167. The van der Waals surface area contributed by atoms with Crippen LogP contribution in [0.25, 0.3) is 0 Å². The minimum absolute atomic E-state index is 0.0641. The SMILES string of the molecule is FC1(COc2ncc(Br)cn2)CC1. The number of hydrogen-bond donors (Lipinski definition) is 0. The van der Waals surface area contributed by atoms with Crippen LogP contribution in [0.2, 0.25) is 0 Å². The summed E-state index contributed by atoms with van der Waals surface area (Å²) in [5.41, 5.74) is -1.11. The summed E-state index contributed by atoms with van der Waals surface area (Å²) in [5, 5.41) is 0. The van der Waals surface area contributed by atoms with Gasteiger partial charge in [0.15, 0.2) is 0 Å². The van der Waals surface area contributed by atoms with E-state index in [1.165, 1.54) is 0 Å². The number of alkyl halides is 1. The lowest BCUT2D eigenvalue weighted by Gasteiger charge is -2.05. The summed E-state index contributed by atoms with van der Waals surface area (Å²) in [6.45, 7) is 0.0641. The third-order valence-electron chi connectivity index (χ3n) is 1.85. The molecule has 3 nitrogen and oxygen atoms in total. The summed E-state index contributed by atoms with van der Waals surface area (Å²) >= 11 is 3.19. The van der Waals surface area contributed by atoms with Crippen molar-refractivity contribution in [2.24, 2.45) is 0 Å². The van der Waals surface area contributed by atoms with Gasteiger partial charge in [-0.05, 0) is 28.8 Å². The van der Waals surface area contributed by atoms with E-state index in [1.54, 1.807) is 12.4 Å². The highest BCUT2D eigenvalue weighted by Gasteiger charge is 2.44. The molecule has 0 amide bonds. The molecule has 1 aromatic rings.